The minimum Gasteiger partial charge on any atom is -0.366 e. The van der Waals surface area contributed by atoms with Crippen molar-refractivity contribution in [2.24, 2.45) is 0 Å². The van der Waals surface area contributed by atoms with Crippen molar-refractivity contribution in [3.63, 3.8) is 0 Å². The Morgan fingerprint density at radius 1 is 0.577 bits per heavy atom. The minimum atomic E-state index is -0.470. The predicted octanol–water partition coefficient (Wildman–Crippen LogP) is 11.7. The van der Waals surface area contributed by atoms with E-state index in [2.05, 4.69) is 194 Å². The Kier molecular flexibility index (Phi) is 7.13. The van der Waals surface area contributed by atoms with Gasteiger partial charge in [0.1, 0.15) is 6.17 Å². The number of allylic oxidation sites excluding steroid dienone is 5. The van der Waals surface area contributed by atoms with Crippen LogP contribution in [0.5, 0.6) is 0 Å². The Labute approximate surface area is 307 Å². The molecule has 4 aliphatic rings. The van der Waals surface area contributed by atoms with E-state index in [1.54, 1.807) is 0 Å². The molecule has 3 unspecified atom stereocenters. The maximum absolute atomic E-state index is 4.01. The fourth-order valence-electron chi connectivity index (χ4n) is 9.83. The lowest BCUT2D eigenvalue weighted by Gasteiger charge is -2.40. The molecule has 2 N–H and O–H groups in total. The summed E-state index contributed by atoms with van der Waals surface area (Å²) in [6.45, 7) is 4.86. The van der Waals surface area contributed by atoms with E-state index in [-0.39, 0.29) is 17.6 Å². The second-order valence-corrected chi connectivity index (χ2v) is 15.2. The van der Waals surface area contributed by atoms with Crippen LogP contribution in [-0.4, -0.2) is 0 Å². The Balaban J connectivity index is 1.21. The molecule has 252 valence electrons. The number of hydrogen-bond acceptors (Lipinski definition) is 2. The summed E-state index contributed by atoms with van der Waals surface area (Å²) in [6, 6.07) is 56.6. The van der Waals surface area contributed by atoms with Gasteiger partial charge < -0.3 is 5.32 Å². The fourth-order valence-corrected chi connectivity index (χ4v) is 9.83. The van der Waals surface area contributed by atoms with Crippen molar-refractivity contribution in [3.05, 3.63) is 231 Å². The van der Waals surface area contributed by atoms with Crippen LogP contribution in [0.3, 0.4) is 0 Å². The summed E-state index contributed by atoms with van der Waals surface area (Å²) in [5.41, 5.74) is 17.8. The third-order valence-corrected chi connectivity index (χ3v) is 12.1. The van der Waals surface area contributed by atoms with Gasteiger partial charge in [0.15, 0.2) is 0 Å². The summed E-state index contributed by atoms with van der Waals surface area (Å²) in [6.07, 6.45) is 9.33. The van der Waals surface area contributed by atoms with Crippen molar-refractivity contribution in [2.45, 2.75) is 49.7 Å². The highest BCUT2D eigenvalue weighted by molar-refractivity contribution is 6.10. The number of anilines is 1. The van der Waals surface area contributed by atoms with Gasteiger partial charge in [-0.2, -0.15) is 0 Å². The highest BCUT2D eigenvalue weighted by atomic mass is 15.2. The molecule has 6 aromatic rings. The van der Waals surface area contributed by atoms with E-state index in [0.29, 0.717) is 0 Å². The summed E-state index contributed by atoms with van der Waals surface area (Å²) in [7, 11) is 0. The highest BCUT2D eigenvalue weighted by Crippen LogP contribution is 2.61. The molecule has 0 amide bonds. The molecule has 0 saturated carbocycles. The first-order chi connectivity index (χ1) is 25.6. The third kappa shape index (κ3) is 4.47. The van der Waals surface area contributed by atoms with Gasteiger partial charge in [0, 0.05) is 11.1 Å². The van der Waals surface area contributed by atoms with Crippen LogP contribution in [0.1, 0.15) is 94.5 Å². The van der Waals surface area contributed by atoms with E-state index >= 15 is 0 Å². The fraction of sp³-hybridized carbons (Fsp3) is 0.160. The third-order valence-electron chi connectivity index (χ3n) is 12.1. The molecular weight excluding hydrogens is 629 g/mol. The van der Waals surface area contributed by atoms with E-state index in [4.69, 9.17) is 0 Å². The van der Waals surface area contributed by atoms with Crippen LogP contribution in [0.4, 0.5) is 5.69 Å². The van der Waals surface area contributed by atoms with Crippen LogP contribution >= 0.6 is 0 Å². The number of benzene rings is 6. The second kappa shape index (κ2) is 11.9. The van der Waals surface area contributed by atoms with Crippen LogP contribution in [0.2, 0.25) is 0 Å². The zero-order valence-electron chi connectivity index (χ0n) is 29.7. The van der Waals surface area contributed by atoms with Crippen molar-refractivity contribution in [1.82, 2.24) is 5.32 Å². The lowest BCUT2D eigenvalue weighted by molar-refractivity contribution is 0.506. The molecule has 2 heteroatoms. The second-order valence-electron chi connectivity index (χ2n) is 15.2. The molecule has 0 fully saturated rings. The largest absolute Gasteiger partial charge is 0.366 e. The van der Waals surface area contributed by atoms with Gasteiger partial charge in [0.25, 0.3) is 0 Å². The molecule has 0 spiro atoms. The quantitative estimate of drug-likeness (QED) is 0.195. The van der Waals surface area contributed by atoms with E-state index in [0.717, 1.165) is 12.8 Å². The zero-order valence-corrected chi connectivity index (χ0v) is 29.7. The number of rotatable bonds is 4. The van der Waals surface area contributed by atoms with Gasteiger partial charge in [-0.05, 0) is 97.3 Å². The number of nitrogens with one attached hydrogen (secondary N) is 2. The van der Waals surface area contributed by atoms with Gasteiger partial charge in [0.2, 0.25) is 0 Å². The van der Waals surface area contributed by atoms with Gasteiger partial charge in [-0.1, -0.05) is 172 Å². The van der Waals surface area contributed by atoms with Crippen molar-refractivity contribution in [3.8, 4) is 0 Å². The molecular formula is C50H42N2. The Morgan fingerprint density at radius 3 is 2.02 bits per heavy atom. The maximum Gasteiger partial charge on any atom is 0.104 e. The summed E-state index contributed by atoms with van der Waals surface area (Å²) in [5.74, 6) is 0. The standard InChI is InChI=1S/C50H42N2/c1-49(2)41-31-30-34(48-51-44-29-17-14-26-39(44)47(52-48)33-18-6-3-7-19-33)32-40(41)45-37-24-12-15-27-42(37)50(35-20-8-4-9-21-35,36-22-10-5-11-23-36)43-28-16-13-25-38(43)46(45)49/h3-4,6-10,12-32,47-48,51-52H,5,11H2,1-2H3. The van der Waals surface area contributed by atoms with Gasteiger partial charge >= 0.3 is 0 Å². The summed E-state index contributed by atoms with van der Waals surface area (Å²) >= 11 is 0. The van der Waals surface area contributed by atoms with Gasteiger partial charge in [-0.3, -0.25) is 5.32 Å². The average Bonchev–Trinajstić information content (AvgIpc) is 3.36. The van der Waals surface area contributed by atoms with Crippen molar-refractivity contribution >= 4 is 16.8 Å². The van der Waals surface area contributed by atoms with Crippen LogP contribution < -0.4 is 10.6 Å². The number of hydrogen-bond donors (Lipinski definition) is 2. The summed E-state index contributed by atoms with van der Waals surface area (Å²) in [4.78, 5) is 0. The van der Waals surface area contributed by atoms with Crippen molar-refractivity contribution < 1.29 is 0 Å². The predicted molar refractivity (Wildman–Crippen MR) is 215 cm³/mol. The Bertz CT molecular complexity index is 2450. The SMILES string of the molecule is CC1(C)C2=C(c3cc(C4Nc5ccccc5C(c5ccccc5)N4)ccc31)c1ccccc1C(C1=CCCC=C1)(c1ccccc1)c1ccccc12. The molecule has 0 saturated heterocycles. The highest BCUT2D eigenvalue weighted by Gasteiger charge is 2.49. The maximum atomic E-state index is 4.01. The molecule has 6 aromatic carbocycles. The molecule has 2 nitrogen and oxygen atoms in total. The smallest absolute Gasteiger partial charge is 0.104 e. The normalized spacial score (nSPS) is 22.2. The Hall–Kier alpha value is -5.70. The first-order valence-electron chi connectivity index (χ1n) is 18.8. The topological polar surface area (TPSA) is 24.1 Å². The van der Waals surface area contributed by atoms with Crippen molar-refractivity contribution in [1.29, 1.82) is 0 Å². The molecule has 3 atom stereocenters. The first-order valence-corrected chi connectivity index (χ1v) is 18.8. The zero-order chi connectivity index (χ0) is 34.9. The van der Waals surface area contributed by atoms with Crippen LogP contribution in [0.15, 0.2) is 175 Å². The monoisotopic (exact) mass is 670 g/mol. The minimum absolute atomic E-state index is 0.0626. The van der Waals surface area contributed by atoms with Crippen LogP contribution in [0, 0.1) is 0 Å². The molecule has 1 heterocycles. The van der Waals surface area contributed by atoms with E-state index in [1.165, 1.54) is 78.0 Å². The van der Waals surface area contributed by atoms with Gasteiger partial charge in [-0.15, -0.1) is 0 Å². The lowest BCUT2D eigenvalue weighted by atomic mass is 9.61. The summed E-state index contributed by atoms with van der Waals surface area (Å²) < 4.78 is 0. The van der Waals surface area contributed by atoms with Gasteiger partial charge in [-0.25, -0.2) is 0 Å². The van der Waals surface area contributed by atoms with Crippen LogP contribution in [-0.2, 0) is 10.8 Å². The molecule has 3 aliphatic carbocycles. The Morgan fingerprint density at radius 2 is 1.25 bits per heavy atom. The molecule has 0 bridgehead atoms. The van der Waals surface area contributed by atoms with E-state index < -0.39 is 5.41 Å². The lowest BCUT2D eigenvalue weighted by Crippen LogP contribution is -2.37. The van der Waals surface area contributed by atoms with E-state index in [1.807, 2.05) is 0 Å². The number of para-hydroxylation sites is 1. The molecule has 0 radical (unpaired) electrons. The molecule has 52 heavy (non-hydrogen) atoms. The molecule has 1 aliphatic heterocycles. The summed E-state index contributed by atoms with van der Waals surface area (Å²) in [5, 5.41) is 7.89. The van der Waals surface area contributed by atoms with Gasteiger partial charge in [0.05, 0.1) is 11.5 Å². The molecule has 10 rings (SSSR count). The van der Waals surface area contributed by atoms with Crippen LogP contribution in [0.25, 0.3) is 11.1 Å². The first kappa shape index (κ1) is 31.1. The average molecular weight is 671 g/mol. The van der Waals surface area contributed by atoms with Crippen molar-refractivity contribution in [2.75, 3.05) is 5.32 Å². The molecule has 0 aromatic heterocycles. The van der Waals surface area contributed by atoms with E-state index in [9.17, 15) is 0 Å². The number of fused-ring (bicyclic) bond motifs is 7.